The molecule has 0 N–H and O–H groups in total. The van der Waals surface area contributed by atoms with Crippen LogP contribution in [0, 0.1) is 0 Å². The van der Waals surface area contributed by atoms with Crippen LogP contribution in [0.3, 0.4) is 0 Å². The lowest BCUT2D eigenvalue weighted by atomic mass is 10.1. The molecule has 3 aromatic rings. The number of nitrogens with zero attached hydrogens (tertiary/aromatic N) is 2. The molecular formula is C20H19ClN2O3S3. The molecule has 9 heteroatoms. The number of halogens is 1. The first-order valence-electron chi connectivity index (χ1n) is 9.25. The SMILES string of the molecule is O=C(CCc1nc(-c2ccccc2)cs1)[C@@H]1CCCN1S(=O)(=O)c1ccc(Cl)s1. The fraction of sp³-hybridized carbons (Fsp3) is 0.300. The van der Waals surface area contributed by atoms with Gasteiger partial charge < -0.3 is 0 Å². The van der Waals surface area contributed by atoms with Crippen molar-refractivity contribution in [1.82, 2.24) is 9.29 Å². The van der Waals surface area contributed by atoms with Crippen molar-refractivity contribution in [2.45, 2.75) is 35.9 Å². The summed E-state index contributed by atoms with van der Waals surface area (Å²) in [4.78, 5) is 17.5. The molecule has 152 valence electrons. The number of aryl methyl sites for hydroxylation is 1. The molecular weight excluding hydrogens is 448 g/mol. The van der Waals surface area contributed by atoms with Gasteiger partial charge in [0, 0.05) is 30.3 Å². The van der Waals surface area contributed by atoms with Crippen LogP contribution in [0.4, 0.5) is 0 Å². The number of thiazole rings is 1. The predicted molar refractivity (Wildman–Crippen MR) is 117 cm³/mol. The normalized spacial score (nSPS) is 17.6. The van der Waals surface area contributed by atoms with Crippen molar-refractivity contribution >= 4 is 50.1 Å². The maximum absolute atomic E-state index is 12.9. The van der Waals surface area contributed by atoms with Crippen LogP contribution in [-0.2, 0) is 21.2 Å². The van der Waals surface area contributed by atoms with Gasteiger partial charge in [0.15, 0.2) is 5.78 Å². The predicted octanol–water partition coefficient (Wildman–Crippen LogP) is 4.88. The molecule has 1 aliphatic heterocycles. The van der Waals surface area contributed by atoms with Gasteiger partial charge >= 0.3 is 0 Å². The maximum atomic E-state index is 12.9. The van der Waals surface area contributed by atoms with E-state index in [1.807, 2.05) is 35.7 Å². The zero-order chi connectivity index (χ0) is 20.4. The molecule has 29 heavy (non-hydrogen) atoms. The molecule has 0 spiro atoms. The van der Waals surface area contributed by atoms with Crippen molar-refractivity contribution in [1.29, 1.82) is 0 Å². The molecule has 5 nitrogen and oxygen atoms in total. The van der Waals surface area contributed by atoms with Crippen molar-refractivity contribution in [3.05, 3.63) is 57.2 Å². The van der Waals surface area contributed by atoms with E-state index < -0.39 is 16.1 Å². The molecule has 1 saturated heterocycles. The molecule has 0 amide bonds. The zero-order valence-electron chi connectivity index (χ0n) is 15.5. The monoisotopic (exact) mass is 466 g/mol. The Hall–Kier alpha value is -1.58. The minimum atomic E-state index is -3.69. The first kappa shape index (κ1) is 20.7. The average molecular weight is 467 g/mol. The average Bonchev–Trinajstić information content (AvgIpc) is 3.47. The fourth-order valence-corrected chi connectivity index (χ4v) is 7.56. The lowest BCUT2D eigenvalue weighted by Crippen LogP contribution is -2.40. The lowest BCUT2D eigenvalue weighted by molar-refractivity contribution is -0.122. The smallest absolute Gasteiger partial charge is 0.253 e. The first-order valence-corrected chi connectivity index (χ1v) is 12.8. The van der Waals surface area contributed by atoms with Gasteiger partial charge in [-0.1, -0.05) is 41.9 Å². The zero-order valence-corrected chi connectivity index (χ0v) is 18.7. The highest BCUT2D eigenvalue weighted by Gasteiger charge is 2.39. The van der Waals surface area contributed by atoms with E-state index in [0.29, 0.717) is 30.1 Å². The van der Waals surface area contributed by atoms with Crippen LogP contribution in [0.2, 0.25) is 4.34 Å². The van der Waals surface area contributed by atoms with Crippen LogP contribution in [0.1, 0.15) is 24.3 Å². The molecule has 1 aliphatic rings. The number of carbonyl (C=O) groups is 1. The minimum Gasteiger partial charge on any atom is -0.298 e. The fourth-order valence-electron chi connectivity index (χ4n) is 3.47. The van der Waals surface area contributed by atoms with Gasteiger partial charge in [0.25, 0.3) is 10.0 Å². The molecule has 0 bridgehead atoms. The highest BCUT2D eigenvalue weighted by Crippen LogP contribution is 2.33. The third-order valence-corrected chi connectivity index (χ3v) is 9.41. The van der Waals surface area contributed by atoms with E-state index in [-0.39, 0.29) is 16.4 Å². The van der Waals surface area contributed by atoms with E-state index in [4.69, 9.17) is 11.6 Å². The second-order valence-electron chi connectivity index (χ2n) is 6.79. The molecule has 1 atom stereocenters. The summed E-state index contributed by atoms with van der Waals surface area (Å²) in [6.45, 7) is 0.365. The van der Waals surface area contributed by atoms with Crippen molar-refractivity contribution < 1.29 is 13.2 Å². The molecule has 1 aromatic carbocycles. The van der Waals surface area contributed by atoms with Gasteiger partial charge in [0.1, 0.15) is 4.21 Å². The number of aromatic nitrogens is 1. The first-order chi connectivity index (χ1) is 13.9. The van der Waals surface area contributed by atoms with Gasteiger partial charge in [0.05, 0.1) is 21.1 Å². The third kappa shape index (κ3) is 4.46. The standard InChI is InChI=1S/C20H19ClN2O3S3/c21-18-9-11-20(28-18)29(25,26)23-12-4-7-16(23)17(24)8-10-19-22-15(13-27-19)14-5-2-1-3-6-14/h1-3,5-6,9,11,13,16H,4,7-8,10,12H2/t16-/m0/s1. The van der Waals surface area contributed by atoms with Gasteiger partial charge in [-0.3, -0.25) is 4.79 Å². The van der Waals surface area contributed by atoms with Gasteiger partial charge in [-0.2, -0.15) is 4.31 Å². The van der Waals surface area contributed by atoms with E-state index >= 15 is 0 Å². The number of rotatable bonds is 7. The van der Waals surface area contributed by atoms with Gasteiger partial charge in [-0.15, -0.1) is 22.7 Å². The summed E-state index contributed by atoms with van der Waals surface area (Å²) in [6.07, 6.45) is 2.05. The Kier molecular flexibility index (Phi) is 6.17. The van der Waals surface area contributed by atoms with Gasteiger partial charge in [-0.25, -0.2) is 13.4 Å². The van der Waals surface area contributed by atoms with Gasteiger partial charge in [-0.05, 0) is 25.0 Å². The van der Waals surface area contributed by atoms with Crippen molar-refractivity contribution in [2.24, 2.45) is 0 Å². The number of thiophene rings is 1. The number of ketones is 1. The Morgan fingerprint density at radius 3 is 2.72 bits per heavy atom. The van der Waals surface area contributed by atoms with E-state index in [2.05, 4.69) is 4.98 Å². The molecule has 4 rings (SSSR count). The summed E-state index contributed by atoms with van der Waals surface area (Å²) in [7, 11) is -3.69. The van der Waals surface area contributed by atoms with Crippen LogP contribution >= 0.6 is 34.3 Å². The molecule has 2 aromatic heterocycles. The van der Waals surface area contributed by atoms with Gasteiger partial charge in [0.2, 0.25) is 0 Å². The van der Waals surface area contributed by atoms with Crippen molar-refractivity contribution in [2.75, 3.05) is 6.54 Å². The van der Waals surface area contributed by atoms with E-state index in [9.17, 15) is 13.2 Å². The van der Waals surface area contributed by atoms with Crippen LogP contribution in [0.15, 0.2) is 52.1 Å². The number of hydrogen-bond donors (Lipinski definition) is 0. The Bertz CT molecular complexity index is 1110. The van der Waals surface area contributed by atoms with Crippen LogP contribution in [0.5, 0.6) is 0 Å². The lowest BCUT2D eigenvalue weighted by Gasteiger charge is -2.22. The third-order valence-electron chi connectivity index (χ3n) is 4.89. The largest absolute Gasteiger partial charge is 0.298 e. The molecule has 1 fully saturated rings. The summed E-state index contributed by atoms with van der Waals surface area (Å²) < 4.78 is 27.8. The Balaban J connectivity index is 1.42. The Morgan fingerprint density at radius 1 is 1.21 bits per heavy atom. The number of sulfonamides is 1. The number of Topliss-reactive ketones (excluding diaryl/α,β-unsaturated/α-hetero) is 1. The molecule has 3 heterocycles. The molecule has 0 saturated carbocycles. The molecule has 0 radical (unpaired) electrons. The topological polar surface area (TPSA) is 67.3 Å². The number of benzene rings is 1. The summed E-state index contributed by atoms with van der Waals surface area (Å²) >= 11 is 8.45. The second kappa shape index (κ2) is 8.65. The van der Waals surface area contributed by atoms with Crippen molar-refractivity contribution in [3.63, 3.8) is 0 Å². The van der Waals surface area contributed by atoms with E-state index in [1.54, 1.807) is 6.07 Å². The number of hydrogen-bond acceptors (Lipinski definition) is 6. The minimum absolute atomic E-state index is 0.0508. The Morgan fingerprint density at radius 2 is 2.00 bits per heavy atom. The van der Waals surface area contributed by atoms with E-state index in [1.165, 1.54) is 21.7 Å². The number of carbonyl (C=O) groups excluding carboxylic acids is 1. The molecule has 0 unspecified atom stereocenters. The summed E-state index contributed by atoms with van der Waals surface area (Å²) in [5.41, 5.74) is 1.95. The highest BCUT2D eigenvalue weighted by atomic mass is 35.5. The van der Waals surface area contributed by atoms with E-state index in [0.717, 1.165) is 27.6 Å². The summed E-state index contributed by atoms with van der Waals surface area (Å²) in [6, 6.07) is 12.4. The van der Waals surface area contributed by atoms with Crippen LogP contribution < -0.4 is 0 Å². The quantitative estimate of drug-likeness (QED) is 0.497. The van der Waals surface area contributed by atoms with Crippen LogP contribution in [-0.4, -0.2) is 36.1 Å². The summed E-state index contributed by atoms with van der Waals surface area (Å²) in [5.74, 6) is -0.0508. The highest BCUT2D eigenvalue weighted by molar-refractivity contribution is 7.91. The van der Waals surface area contributed by atoms with Crippen LogP contribution in [0.25, 0.3) is 11.3 Å². The maximum Gasteiger partial charge on any atom is 0.253 e. The Labute approximate surface area is 183 Å². The van der Waals surface area contributed by atoms with Crippen molar-refractivity contribution in [3.8, 4) is 11.3 Å². The molecule has 0 aliphatic carbocycles. The summed E-state index contributed by atoms with van der Waals surface area (Å²) in [5, 5.41) is 2.87. The second-order valence-corrected chi connectivity index (χ2v) is 11.6.